The minimum absolute atomic E-state index is 0.840. The predicted molar refractivity (Wildman–Crippen MR) is 52.7 cm³/mol. The van der Waals surface area contributed by atoms with Crippen LogP contribution >= 0.6 is 0 Å². The molecule has 0 bridgehead atoms. The van der Waals surface area contributed by atoms with E-state index in [0.717, 1.165) is 5.92 Å². The van der Waals surface area contributed by atoms with Gasteiger partial charge in [0.2, 0.25) is 0 Å². The molecule has 0 unspecified atom stereocenters. The molecule has 12 heavy (non-hydrogen) atoms. The second-order valence-corrected chi connectivity index (χ2v) is 3.56. The fourth-order valence-electron chi connectivity index (χ4n) is 1.77. The highest BCUT2D eigenvalue weighted by molar-refractivity contribution is 5.59. The summed E-state index contributed by atoms with van der Waals surface area (Å²) in [6.45, 7) is 2.16. The van der Waals surface area contributed by atoms with E-state index in [4.69, 9.17) is 0 Å². The summed E-state index contributed by atoms with van der Waals surface area (Å²) in [4.78, 5) is 0. The van der Waals surface area contributed by atoms with Crippen molar-refractivity contribution in [2.24, 2.45) is 0 Å². The van der Waals surface area contributed by atoms with E-state index in [1.165, 1.54) is 29.7 Å². The third-order valence-electron chi connectivity index (χ3n) is 2.57. The average Bonchev–Trinajstić information content (AvgIpc) is 2.86. The standard InChI is InChI=1S/C11H15N/c1-8-4-3-5-10(9-6-7-9)11(8)12-2/h3-5,9,12H,6-7H2,1-2H3. The van der Waals surface area contributed by atoms with Crippen LogP contribution in [0.4, 0.5) is 5.69 Å². The van der Waals surface area contributed by atoms with Crippen LogP contribution in [0.15, 0.2) is 18.2 Å². The summed E-state index contributed by atoms with van der Waals surface area (Å²) in [5, 5.41) is 3.29. The van der Waals surface area contributed by atoms with Gasteiger partial charge in [0.25, 0.3) is 0 Å². The summed E-state index contributed by atoms with van der Waals surface area (Å²) >= 11 is 0. The van der Waals surface area contributed by atoms with Crippen LogP contribution in [0.5, 0.6) is 0 Å². The molecule has 0 aromatic heterocycles. The fourth-order valence-corrected chi connectivity index (χ4v) is 1.77. The number of para-hydroxylation sites is 1. The van der Waals surface area contributed by atoms with Crippen LogP contribution in [-0.4, -0.2) is 7.05 Å². The lowest BCUT2D eigenvalue weighted by Crippen LogP contribution is -1.96. The molecule has 0 radical (unpaired) electrons. The quantitative estimate of drug-likeness (QED) is 0.703. The fraction of sp³-hybridized carbons (Fsp3) is 0.455. The van der Waals surface area contributed by atoms with Crippen LogP contribution < -0.4 is 5.32 Å². The molecular formula is C11H15N. The van der Waals surface area contributed by atoms with E-state index >= 15 is 0 Å². The number of anilines is 1. The lowest BCUT2D eigenvalue weighted by Gasteiger charge is -2.10. The summed E-state index contributed by atoms with van der Waals surface area (Å²) in [7, 11) is 2.01. The smallest absolute Gasteiger partial charge is 0.0402 e. The van der Waals surface area contributed by atoms with E-state index in [-0.39, 0.29) is 0 Å². The summed E-state index contributed by atoms with van der Waals surface area (Å²) in [5.41, 5.74) is 4.22. The Kier molecular flexibility index (Phi) is 1.80. The van der Waals surface area contributed by atoms with Crippen LogP contribution in [0.25, 0.3) is 0 Å². The van der Waals surface area contributed by atoms with Gasteiger partial charge in [0, 0.05) is 12.7 Å². The molecule has 0 spiro atoms. The Morgan fingerprint density at radius 3 is 2.67 bits per heavy atom. The molecule has 1 N–H and O–H groups in total. The lowest BCUT2D eigenvalue weighted by molar-refractivity contribution is 1.12. The van der Waals surface area contributed by atoms with Crippen LogP contribution in [-0.2, 0) is 0 Å². The molecule has 0 amide bonds. The Bertz CT molecular complexity index is 287. The minimum Gasteiger partial charge on any atom is -0.388 e. The van der Waals surface area contributed by atoms with Crippen molar-refractivity contribution < 1.29 is 0 Å². The van der Waals surface area contributed by atoms with Crippen molar-refractivity contribution in [2.75, 3.05) is 12.4 Å². The molecule has 1 aromatic carbocycles. The van der Waals surface area contributed by atoms with E-state index in [2.05, 4.69) is 30.4 Å². The Balaban J connectivity index is 2.43. The monoisotopic (exact) mass is 161 g/mol. The van der Waals surface area contributed by atoms with Crippen molar-refractivity contribution >= 4 is 5.69 Å². The number of rotatable bonds is 2. The molecule has 2 rings (SSSR count). The molecule has 1 fully saturated rings. The summed E-state index contributed by atoms with van der Waals surface area (Å²) < 4.78 is 0. The number of aryl methyl sites for hydroxylation is 1. The van der Waals surface area contributed by atoms with Gasteiger partial charge in [-0.3, -0.25) is 0 Å². The third-order valence-corrected chi connectivity index (χ3v) is 2.57. The SMILES string of the molecule is CNc1c(C)cccc1C1CC1. The first-order valence-corrected chi connectivity index (χ1v) is 4.60. The van der Waals surface area contributed by atoms with Crippen molar-refractivity contribution in [1.29, 1.82) is 0 Å². The Morgan fingerprint density at radius 1 is 1.33 bits per heavy atom. The molecule has 1 aliphatic rings. The molecule has 1 nitrogen and oxygen atoms in total. The highest BCUT2D eigenvalue weighted by atomic mass is 14.8. The summed E-state index contributed by atoms with van der Waals surface area (Å²) in [6, 6.07) is 6.57. The van der Waals surface area contributed by atoms with E-state index in [9.17, 15) is 0 Å². The molecule has 64 valence electrons. The molecule has 1 heteroatoms. The van der Waals surface area contributed by atoms with Gasteiger partial charge in [-0.05, 0) is 36.8 Å². The van der Waals surface area contributed by atoms with Gasteiger partial charge in [0.15, 0.2) is 0 Å². The molecular weight excluding hydrogens is 146 g/mol. The van der Waals surface area contributed by atoms with Gasteiger partial charge in [0.05, 0.1) is 0 Å². The van der Waals surface area contributed by atoms with Crippen LogP contribution in [0.1, 0.15) is 29.9 Å². The van der Waals surface area contributed by atoms with Crippen molar-refractivity contribution in [1.82, 2.24) is 0 Å². The van der Waals surface area contributed by atoms with Crippen molar-refractivity contribution in [3.63, 3.8) is 0 Å². The van der Waals surface area contributed by atoms with Crippen LogP contribution in [0, 0.1) is 6.92 Å². The Labute approximate surface area is 73.8 Å². The van der Waals surface area contributed by atoms with Gasteiger partial charge in [-0.25, -0.2) is 0 Å². The first-order valence-electron chi connectivity index (χ1n) is 4.60. The maximum atomic E-state index is 3.29. The maximum absolute atomic E-state index is 3.29. The minimum atomic E-state index is 0.840. The highest BCUT2D eigenvalue weighted by Gasteiger charge is 2.25. The van der Waals surface area contributed by atoms with Crippen molar-refractivity contribution in [2.45, 2.75) is 25.7 Å². The number of nitrogens with one attached hydrogen (secondary N) is 1. The number of hydrogen-bond donors (Lipinski definition) is 1. The van der Waals surface area contributed by atoms with E-state index < -0.39 is 0 Å². The molecule has 1 aromatic rings. The van der Waals surface area contributed by atoms with Gasteiger partial charge >= 0.3 is 0 Å². The second-order valence-electron chi connectivity index (χ2n) is 3.56. The predicted octanol–water partition coefficient (Wildman–Crippen LogP) is 2.91. The first-order chi connectivity index (χ1) is 5.83. The zero-order valence-corrected chi connectivity index (χ0v) is 7.72. The van der Waals surface area contributed by atoms with Crippen LogP contribution in [0.3, 0.4) is 0 Å². The second kappa shape index (κ2) is 2.81. The van der Waals surface area contributed by atoms with Gasteiger partial charge in [-0.1, -0.05) is 18.2 Å². The van der Waals surface area contributed by atoms with Gasteiger partial charge in [-0.15, -0.1) is 0 Å². The third kappa shape index (κ3) is 1.20. The molecule has 0 heterocycles. The van der Waals surface area contributed by atoms with Gasteiger partial charge in [-0.2, -0.15) is 0 Å². The molecule has 0 atom stereocenters. The first kappa shape index (κ1) is 7.66. The molecule has 1 aliphatic carbocycles. The zero-order chi connectivity index (χ0) is 8.55. The van der Waals surface area contributed by atoms with Gasteiger partial charge < -0.3 is 5.32 Å². The summed E-state index contributed by atoms with van der Waals surface area (Å²) in [6.07, 6.45) is 2.75. The van der Waals surface area contributed by atoms with Crippen LogP contribution in [0.2, 0.25) is 0 Å². The van der Waals surface area contributed by atoms with Crippen molar-refractivity contribution in [3.05, 3.63) is 29.3 Å². The van der Waals surface area contributed by atoms with Gasteiger partial charge in [0.1, 0.15) is 0 Å². The van der Waals surface area contributed by atoms with E-state index in [1.807, 2.05) is 7.05 Å². The largest absolute Gasteiger partial charge is 0.388 e. The van der Waals surface area contributed by atoms with E-state index in [0.29, 0.717) is 0 Å². The highest BCUT2D eigenvalue weighted by Crippen LogP contribution is 2.43. The average molecular weight is 161 g/mol. The maximum Gasteiger partial charge on any atom is 0.0402 e. The number of benzene rings is 1. The van der Waals surface area contributed by atoms with E-state index in [1.54, 1.807) is 0 Å². The van der Waals surface area contributed by atoms with Crippen molar-refractivity contribution in [3.8, 4) is 0 Å². The number of hydrogen-bond acceptors (Lipinski definition) is 1. The molecule has 1 saturated carbocycles. The summed E-state index contributed by atoms with van der Waals surface area (Å²) in [5.74, 6) is 0.840. The Morgan fingerprint density at radius 2 is 2.08 bits per heavy atom. The normalized spacial score (nSPS) is 16.2. The topological polar surface area (TPSA) is 12.0 Å². The lowest BCUT2D eigenvalue weighted by atomic mass is 10.0. The Hall–Kier alpha value is -0.980. The molecule has 0 aliphatic heterocycles. The zero-order valence-electron chi connectivity index (χ0n) is 7.72. The molecule has 0 saturated heterocycles.